The molecule has 29 heavy (non-hydrogen) atoms. The first kappa shape index (κ1) is 18.8. The Morgan fingerprint density at radius 1 is 1.17 bits per heavy atom. The second kappa shape index (κ2) is 7.48. The molecule has 0 aliphatic carbocycles. The van der Waals surface area contributed by atoms with Gasteiger partial charge in [0.25, 0.3) is 17.5 Å². The van der Waals surface area contributed by atoms with Crippen LogP contribution >= 0.6 is 22.7 Å². The molecule has 4 rings (SSSR count). The maximum absolute atomic E-state index is 12.5. The lowest BCUT2D eigenvalue weighted by Gasteiger charge is -2.12. The number of anilines is 1. The second-order valence-electron chi connectivity index (χ2n) is 5.91. The number of carbonyl (C=O) groups is 3. The van der Waals surface area contributed by atoms with E-state index in [1.807, 2.05) is 17.5 Å². The first-order chi connectivity index (χ1) is 14.0. The third-order valence-corrected chi connectivity index (χ3v) is 6.02. The normalized spacial score (nSPS) is 12.9. The van der Waals surface area contributed by atoms with E-state index in [-0.39, 0.29) is 24.1 Å². The fraction of sp³-hybridized carbons (Fsp3) is 0.118. The van der Waals surface area contributed by atoms with Gasteiger partial charge < -0.3 is 5.32 Å². The number of fused-ring (bicyclic) bond motifs is 1. The highest BCUT2D eigenvalue weighted by Gasteiger charge is 2.40. The van der Waals surface area contributed by atoms with E-state index < -0.39 is 28.3 Å². The van der Waals surface area contributed by atoms with Crippen LogP contribution in [-0.4, -0.2) is 44.3 Å². The van der Waals surface area contributed by atoms with Crippen LogP contribution in [0.25, 0.3) is 9.88 Å². The van der Waals surface area contributed by atoms with Gasteiger partial charge in [-0.2, -0.15) is 0 Å². The van der Waals surface area contributed by atoms with E-state index in [2.05, 4.69) is 15.5 Å². The van der Waals surface area contributed by atoms with Gasteiger partial charge in [0.05, 0.1) is 15.4 Å². The van der Waals surface area contributed by atoms with E-state index in [9.17, 15) is 24.5 Å². The summed E-state index contributed by atoms with van der Waals surface area (Å²) in [6.07, 6.45) is -0.173. The van der Waals surface area contributed by atoms with Crippen molar-refractivity contribution in [3.63, 3.8) is 0 Å². The molecule has 146 valence electrons. The van der Waals surface area contributed by atoms with Crippen molar-refractivity contribution in [3.05, 3.63) is 57.0 Å². The number of benzene rings is 1. The highest BCUT2D eigenvalue weighted by molar-refractivity contribution is 7.23. The van der Waals surface area contributed by atoms with Crippen molar-refractivity contribution >= 4 is 51.2 Å². The molecule has 1 aromatic carbocycles. The average Bonchev–Trinajstić information content (AvgIpc) is 3.42. The molecule has 3 heterocycles. The molecule has 0 unspecified atom stereocenters. The second-order valence-corrected chi connectivity index (χ2v) is 7.83. The molecule has 1 N–H and O–H groups in total. The molecule has 1 aliphatic rings. The van der Waals surface area contributed by atoms with E-state index in [4.69, 9.17) is 0 Å². The Hall–Kier alpha value is -3.51. The van der Waals surface area contributed by atoms with E-state index in [0.29, 0.717) is 10.1 Å². The molecule has 10 nitrogen and oxygen atoms in total. The maximum Gasteiger partial charge on any atom is 0.282 e. The number of thiophene rings is 1. The number of nitrogens with one attached hydrogen (secondary N) is 1. The van der Waals surface area contributed by atoms with Crippen LogP contribution in [0.2, 0.25) is 0 Å². The lowest BCUT2D eigenvalue weighted by Crippen LogP contribution is -2.33. The van der Waals surface area contributed by atoms with Crippen molar-refractivity contribution in [2.45, 2.75) is 6.42 Å². The zero-order valence-corrected chi connectivity index (χ0v) is 16.2. The minimum absolute atomic E-state index is 0.0330. The SMILES string of the molecule is O=C(CCN1C(=O)c2cccc([N+](=O)[O-])c2C1=O)Nc1nnc(-c2cccs2)s1. The predicted octanol–water partition coefficient (Wildman–Crippen LogP) is 2.80. The Balaban J connectivity index is 1.41. The molecule has 0 spiro atoms. The van der Waals surface area contributed by atoms with Crippen LogP contribution in [0, 0.1) is 10.1 Å². The van der Waals surface area contributed by atoms with Gasteiger partial charge in [-0.05, 0) is 17.5 Å². The Morgan fingerprint density at radius 2 is 2.00 bits per heavy atom. The molecule has 0 radical (unpaired) electrons. The number of hydrogen-bond donors (Lipinski definition) is 1. The lowest BCUT2D eigenvalue weighted by molar-refractivity contribution is -0.385. The zero-order valence-electron chi connectivity index (χ0n) is 14.5. The van der Waals surface area contributed by atoms with Gasteiger partial charge in [-0.25, -0.2) is 0 Å². The topological polar surface area (TPSA) is 135 Å². The van der Waals surface area contributed by atoms with Crippen molar-refractivity contribution in [2.75, 3.05) is 11.9 Å². The van der Waals surface area contributed by atoms with Crippen LogP contribution in [-0.2, 0) is 4.79 Å². The fourth-order valence-corrected chi connectivity index (χ4v) is 4.39. The maximum atomic E-state index is 12.5. The highest BCUT2D eigenvalue weighted by Crippen LogP contribution is 2.31. The summed E-state index contributed by atoms with van der Waals surface area (Å²) in [4.78, 5) is 49.3. The molecule has 3 amide bonds. The Bertz CT molecular complexity index is 1140. The number of rotatable bonds is 6. The third kappa shape index (κ3) is 3.50. The number of aromatic nitrogens is 2. The molecule has 3 aromatic rings. The number of nitrogens with zero attached hydrogens (tertiary/aromatic N) is 4. The summed E-state index contributed by atoms with van der Waals surface area (Å²) < 4.78 is 0. The molecule has 1 aliphatic heterocycles. The first-order valence-electron chi connectivity index (χ1n) is 8.26. The van der Waals surface area contributed by atoms with Crippen LogP contribution in [0.15, 0.2) is 35.7 Å². The van der Waals surface area contributed by atoms with Gasteiger partial charge in [0.1, 0.15) is 5.56 Å². The van der Waals surface area contributed by atoms with Crippen molar-refractivity contribution in [1.82, 2.24) is 15.1 Å². The van der Waals surface area contributed by atoms with Crippen molar-refractivity contribution in [3.8, 4) is 9.88 Å². The van der Waals surface area contributed by atoms with E-state index in [1.165, 1.54) is 40.9 Å². The van der Waals surface area contributed by atoms with Gasteiger partial charge in [-0.3, -0.25) is 29.4 Å². The smallest absolute Gasteiger partial charge is 0.282 e. The largest absolute Gasteiger partial charge is 0.300 e. The summed E-state index contributed by atoms with van der Waals surface area (Å²) in [5, 5.41) is 24.5. The quantitative estimate of drug-likeness (QED) is 0.361. The molecule has 0 atom stereocenters. The number of carbonyl (C=O) groups excluding carboxylic acids is 3. The van der Waals surface area contributed by atoms with Gasteiger partial charge in [0, 0.05) is 19.0 Å². The van der Waals surface area contributed by atoms with Crippen molar-refractivity contribution in [2.24, 2.45) is 0 Å². The van der Waals surface area contributed by atoms with E-state index in [0.717, 1.165) is 9.78 Å². The van der Waals surface area contributed by atoms with E-state index >= 15 is 0 Å². The van der Waals surface area contributed by atoms with Gasteiger partial charge in [0.2, 0.25) is 11.0 Å². The average molecular weight is 429 g/mol. The lowest BCUT2D eigenvalue weighted by atomic mass is 10.1. The van der Waals surface area contributed by atoms with Crippen LogP contribution in [0.5, 0.6) is 0 Å². The van der Waals surface area contributed by atoms with Crippen molar-refractivity contribution < 1.29 is 19.3 Å². The van der Waals surface area contributed by atoms with Crippen LogP contribution in [0.4, 0.5) is 10.8 Å². The zero-order chi connectivity index (χ0) is 20.5. The Kier molecular flexibility index (Phi) is 4.86. The number of nitro groups is 1. The van der Waals surface area contributed by atoms with Crippen LogP contribution in [0.1, 0.15) is 27.1 Å². The number of imide groups is 1. The van der Waals surface area contributed by atoms with Gasteiger partial charge in [-0.1, -0.05) is 23.5 Å². The molecule has 0 fully saturated rings. The molecule has 0 saturated heterocycles. The summed E-state index contributed by atoms with van der Waals surface area (Å²) in [7, 11) is 0. The predicted molar refractivity (Wildman–Crippen MR) is 105 cm³/mol. The van der Waals surface area contributed by atoms with Gasteiger partial charge in [0.15, 0.2) is 5.01 Å². The Morgan fingerprint density at radius 3 is 2.72 bits per heavy atom. The third-order valence-electron chi connectivity index (χ3n) is 4.14. The standard InChI is InChI=1S/C17H11N5O5S2/c23-12(18-17-20-19-14(29-17)11-5-2-8-28-11)6-7-21-15(24)9-3-1-4-10(22(26)27)13(9)16(21)25/h1-5,8H,6-7H2,(H,18,20,23). The Labute approximate surface area is 171 Å². The molecule has 12 heteroatoms. The summed E-state index contributed by atoms with van der Waals surface area (Å²) >= 11 is 2.71. The van der Waals surface area contributed by atoms with Crippen LogP contribution in [0.3, 0.4) is 0 Å². The molecule has 0 saturated carbocycles. The number of hydrogen-bond acceptors (Lipinski definition) is 9. The van der Waals surface area contributed by atoms with Crippen LogP contribution < -0.4 is 5.32 Å². The number of amides is 3. The molecular weight excluding hydrogens is 418 g/mol. The minimum Gasteiger partial charge on any atom is -0.300 e. The summed E-state index contributed by atoms with van der Waals surface area (Å²) in [5.74, 6) is -1.89. The summed E-state index contributed by atoms with van der Waals surface area (Å²) in [5.41, 5.74) is -0.704. The summed E-state index contributed by atoms with van der Waals surface area (Å²) in [6, 6.07) is 7.64. The molecule has 0 bridgehead atoms. The highest BCUT2D eigenvalue weighted by atomic mass is 32.1. The number of nitro benzene ring substituents is 1. The monoisotopic (exact) mass is 429 g/mol. The first-order valence-corrected chi connectivity index (χ1v) is 9.96. The molecular formula is C17H11N5O5S2. The van der Waals surface area contributed by atoms with Crippen molar-refractivity contribution in [1.29, 1.82) is 0 Å². The fourth-order valence-electron chi connectivity index (χ4n) is 2.84. The molecule has 2 aromatic heterocycles. The van der Waals surface area contributed by atoms with Gasteiger partial charge in [-0.15, -0.1) is 21.5 Å². The van der Waals surface area contributed by atoms with Gasteiger partial charge >= 0.3 is 0 Å². The van der Waals surface area contributed by atoms with E-state index in [1.54, 1.807) is 0 Å². The minimum atomic E-state index is -0.777. The summed E-state index contributed by atoms with van der Waals surface area (Å²) in [6.45, 7) is -0.202.